The molecule has 1 amide bonds. The van der Waals surface area contributed by atoms with Gasteiger partial charge in [-0.05, 0) is 13.3 Å². The van der Waals surface area contributed by atoms with Crippen LogP contribution in [0.15, 0.2) is 12.7 Å². The average Bonchev–Trinajstić information content (AvgIpc) is 2.24. The van der Waals surface area contributed by atoms with Crippen LogP contribution in [0.4, 0.5) is 0 Å². The Morgan fingerprint density at radius 3 is 2.59 bits per heavy atom. The predicted molar refractivity (Wildman–Crippen MR) is 61.5 cm³/mol. The second-order valence-electron chi connectivity index (χ2n) is 3.67. The number of amides is 1. The quantitative estimate of drug-likeness (QED) is 0.494. The Hall–Kier alpha value is -1.40. The number of aliphatic hydroxyl groups excluding tert-OH is 1. The van der Waals surface area contributed by atoms with E-state index in [9.17, 15) is 9.59 Å². The molecule has 0 bridgehead atoms. The molecule has 6 nitrogen and oxygen atoms in total. The van der Waals surface area contributed by atoms with E-state index in [1.54, 1.807) is 6.08 Å². The number of allylic oxidation sites excluding steroid dienone is 1. The van der Waals surface area contributed by atoms with Crippen molar-refractivity contribution in [2.45, 2.75) is 31.9 Å². The lowest BCUT2D eigenvalue weighted by Gasteiger charge is -2.15. The Bertz CT molecular complexity index is 265. The highest BCUT2D eigenvalue weighted by Gasteiger charge is 2.19. The number of carbonyl (C=O) groups excluding carboxylic acids is 1. The van der Waals surface area contributed by atoms with Gasteiger partial charge in [0.15, 0.2) is 6.04 Å². The number of hydrogen-bond donors (Lipinski definition) is 3. The SMILES string of the molecule is C=CCCC(=O)NC(COCC(C)O)C(=O)O. The molecule has 0 saturated carbocycles. The number of nitrogens with one attached hydrogen (secondary N) is 1. The summed E-state index contributed by atoms with van der Waals surface area (Å²) in [4.78, 5) is 22.1. The molecule has 2 atom stereocenters. The fourth-order valence-corrected chi connectivity index (χ4v) is 1.03. The first-order valence-electron chi connectivity index (χ1n) is 5.36. The zero-order valence-electron chi connectivity index (χ0n) is 9.89. The average molecular weight is 245 g/mol. The summed E-state index contributed by atoms with van der Waals surface area (Å²) in [5.41, 5.74) is 0. The number of carboxylic acids is 1. The Balaban J connectivity index is 4.01. The topological polar surface area (TPSA) is 95.9 Å². The summed E-state index contributed by atoms with van der Waals surface area (Å²) < 4.78 is 4.96. The maximum atomic E-state index is 11.3. The van der Waals surface area contributed by atoms with Crippen LogP contribution in [-0.2, 0) is 14.3 Å². The summed E-state index contributed by atoms with van der Waals surface area (Å²) in [6.07, 6.45) is 1.61. The van der Waals surface area contributed by atoms with Crippen LogP contribution in [0.1, 0.15) is 19.8 Å². The van der Waals surface area contributed by atoms with Gasteiger partial charge in [-0.25, -0.2) is 4.79 Å². The van der Waals surface area contributed by atoms with E-state index in [-0.39, 0.29) is 25.5 Å². The molecule has 2 unspecified atom stereocenters. The fourth-order valence-electron chi connectivity index (χ4n) is 1.03. The Kier molecular flexibility index (Phi) is 8.00. The number of carboxylic acid groups (broad SMARTS) is 1. The van der Waals surface area contributed by atoms with Crippen LogP contribution in [0.25, 0.3) is 0 Å². The van der Waals surface area contributed by atoms with Crippen LogP contribution in [0.5, 0.6) is 0 Å². The summed E-state index contributed by atoms with van der Waals surface area (Å²) in [6, 6.07) is -1.09. The molecule has 0 aromatic carbocycles. The van der Waals surface area contributed by atoms with Crippen LogP contribution in [0.2, 0.25) is 0 Å². The van der Waals surface area contributed by atoms with E-state index in [0.29, 0.717) is 6.42 Å². The third kappa shape index (κ3) is 8.41. The van der Waals surface area contributed by atoms with Crippen LogP contribution >= 0.6 is 0 Å². The maximum Gasteiger partial charge on any atom is 0.328 e. The first-order chi connectivity index (χ1) is 7.97. The summed E-state index contributed by atoms with van der Waals surface area (Å²) in [6.45, 7) is 4.86. The van der Waals surface area contributed by atoms with Crippen molar-refractivity contribution in [1.82, 2.24) is 5.32 Å². The molecule has 0 spiro atoms. The first-order valence-corrected chi connectivity index (χ1v) is 5.36. The molecular weight excluding hydrogens is 226 g/mol. The zero-order valence-corrected chi connectivity index (χ0v) is 9.89. The van der Waals surface area contributed by atoms with Crippen LogP contribution in [0.3, 0.4) is 0 Å². The van der Waals surface area contributed by atoms with E-state index >= 15 is 0 Å². The molecule has 0 aromatic heterocycles. The first kappa shape index (κ1) is 15.6. The molecule has 0 aliphatic carbocycles. The standard InChI is InChI=1S/C11H19NO5/c1-3-4-5-10(14)12-9(11(15)16)7-17-6-8(2)13/h3,8-9,13H,1,4-7H2,2H3,(H,12,14)(H,15,16). The van der Waals surface area contributed by atoms with Gasteiger partial charge in [0, 0.05) is 6.42 Å². The highest BCUT2D eigenvalue weighted by molar-refractivity contribution is 5.83. The number of aliphatic hydroxyl groups is 1. The summed E-state index contributed by atoms with van der Waals surface area (Å²) in [5.74, 6) is -1.53. The number of rotatable bonds is 9. The lowest BCUT2D eigenvalue weighted by Crippen LogP contribution is -2.44. The molecule has 3 N–H and O–H groups in total. The third-order valence-corrected chi connectivity index (χ3v) is 1.85. The lowest BCUT2D eigenvalue weighted by molar-refractivity contribution is -0.144. The van der Waals surface area contributed by atoms with E-state index in [1.807, 2.05) is 0 Å². The van der Waals surface area contributed by atoms with Crippen molar-refractivity contribution in [2.75, 3.05) is 13.2 Å². The smallest absolute Gasteiger partial charge is 0.328 e. The Morgan fingerprint density at radius 2 is 2.12 bits per heavy atom. The highest BCUT2D eigenvalue weighted by atomic mass is 16.5. The minimum atomic E-state index is -1.16. The van der Waals surface area contributed by atoms with Crippen molar-refractivity contribution in [2.24, 2.45) is 0 Å². The molecule has 6 heteroatoms. The molecule has 0 fully saturated rings. The monoisotopic (exact) mass is 245 g/mol. The van der Waals surface area contributed by atoms with E-state index in [4.69, 9.17) is 14.9 Å². The molecule has 0 saturated heterocycles. The van der Waals surface area contributed by atoms with E-state index < -0.39 is 18.1 Å². The van der Waals surface area contributed by atoms with Gasteiger partial charge in [-0.2, -0.15) is 0 Å². The molecule has 0 rings (SSSR count). The number of carbonyl (C=O) groups is 2. The molecule has 0 aliphatic heterocycles. The molecule has 0 radical (unpaired) electrons. The van der Waals surface area contributed by atoms with Crippen LogP contribution in [-0.4, -0.2) is 47.4 Å². The van der Waals surface area contributed by atoms with Crippen molar-refractivity contribution in [3.63, 3.8) is 0 Å². The minimum absolute atomic E-state index is 0.0340. The normalized spacial score (nSPS) is 13.8. The second-order valence-corrected chi connectivity index (χ2v) is 3.67. The van der Waals surface area contributed by atoms with Crippen molar-refractivity contribution < 1.29 is 24.5 Å². The van der Waals surface area contributed by atoms with Gasteiger partial charge >= 0.3 is 5.97 Å². The summed E-state index contributed by atoms with van der Waals surface area (Å²) in [7, 11) is 0. The van der Waals surface area contributed by atoms with Crippen molar-refractivity contribution >= 4 is 11.9 Å². The second kappa shape index (κ2) is 8.72. The fraction of sp³-hybridized carbons (Fsp3) is 0.636. The van der Waals surface area contributed by atoms with Crippen LogP contribution in [0, 0.1) is 0 Å². The number of aliphatic carboxylic acids is 1. The van der Waals surface area contributed by atoms with E-state index in [2.05, 4.69) is 11.9 Å². The van der Waals surface area contributed by atoms with Gasteiger partial charge in [0.25, 0.3) is 0 Å². The van der Waals surface area contributed by atoms with Gasteiger partial charge in [0.05, 0.1) is 19.3 Å². The van der Waals surface area contributed by atoms with Crippen molar-refractivity contribution in [1.29, 1.82) is 0 Å². The number of ether oxygens (including phenoxy) is 1. The summed E-state index contributed by atoms with van der Waals surface area (Å²) >= 11 is 0. The molecule has 0 aliphatic rings. The van der Waals surface area contributed by atoms with Gasteiger partial charge in [-0.3, -0.25) is 4.79 Å². The van der Waals surface area contributed by atoms with Gasteiger partial charge in [0.2, 0.25) is 5.91 Å². The third-order valence-electron chi connectivity index (χ3n) is 1.85. The van der Waals surface area contributed by atoms with Gasteiger partial charge in [-0.15, -0.1) is 6.58 Å². The highest BCUT2D eigenvalue weighted by Crippen LogP contribution is 1.94. The van der Waals surface area contributed by atoms with Crippen molar-refractivity contribution in [3.05, 3.63) is 12.7 Å². The lowest BCUT2D eigenvalue weighted by atomic mass is 10.2. The maximum absolute atomic E-state index is 11.3. The minimum Gasteiger partial charge on any atom is -0.480 e. The predicted octanol–water partition coefficient (Wildman–Crippen LogP) is -0.0806. The van der Waals surface area contributed by atoms with E-state index in [0.717, 1.165) is 0 Å². The Morgan fingerprint density at radius 1 is 1.47 bits per heavy atom. The molecule has 0 heterocycles. The molecule has 98 valence electrons. The van der Waals surface area contributed by atoms with Crippen LogP contribution < -0.4 is 5.32 Å². The van der Waals surface area contributed by atoms with Crippen molar-refractivity contribution in [3.8, 4) is 0 Å². The largest absolute Gasteiger partial charge is 0.480 e. The molecule has 17 heavy (non-hydrogen) atoms. The Labute approximate surface area is 100 Å². The molecular formula is C11H19NO5. The van der Waals surface area contributed by atoms with Gasteiger partial charge < -0.3 is 20.3 Å². The zero-order chi connectivity index (χ0) is 13.3. The van der Waals surface area contributed by atoms with Gasteiger partial charge in [0.1, 0.15) is 0 Å². The molecule has 0 aromatic rings. The summed E-state index contributed by atoms with van der Waals surface area (Å²) in [5, 5.41) is 20.1. The van der Waals surface area contributed by atoms with E-state index in [1.165, 1.54) is 6.92 Å². The van der Waals surface area contributed by atoms with Gasteiger partial charge in [-0.1, -0.05) is 6.08 Å². The number of hydrogen-bond acceptors (Lipinski definition) is 4.